The van der Waals surface area contributed by atoms with Crippen LogP contribution >= 0.6 is 11.6 Å². The highest BCUT2D eigenvalue weighted by atomic mass is 35.5. The Balaban J connectivity index is 1.99. The molecule has 0 bridgehead atoms. The molecule has 14 heteroatoms. The van der Waals surface area contributed by atoms with Gasteiger partial charge in [0.25, 0.3) is 5.91 Å². The van der Waals surface area contributed by atoms with Crippen molar-refractivity contribution in [3.63, 3.8) is 0 Å². The van der Waals surface area contributed by atoms with E-state index in [4.69, 9.17) is 26.5 Å². The Morgan fingerprint density at radius 2 is 1.73 bits per heavy atom. The summed E-state index contributed by atoms with van der Waals surface area (Å²) in [7, 11) is 1.26. The molecule has 3 rings (SSSR count). The Kier molecular flexibility index (Phi) is 11.9. The zero-order valence-electron chi connectivity index (χ0n) is 23.9. The normalized spacial score (nSPS) is 17.3. The topological polar surface area (TPSA) is 109 Å². The Hall–Kier alpha value is -4.00. The van der Waals surface area contributed by atoms with Gasteiger partial charge in [0.2, 0.25) is 0 Å². The number of hydrogen-bond acceptors (Lipinski definition) is 7. The molecule has 1 amide bonds. The smallest absolute Gasteiger partial charge is 0.431 e. The first-order valence-corrected chi connectivity index (χ1v) is 14.0. The number of allylic oxidation sites excluding steroid dienone is 1. The van der Waals surface area contributed by atoms with Crippen molar-refractivity contribution in [2.24, 2.45) is 5.92 Å². The van der Waals surface area contributed by atoms with Crippen LogP contribution < -0.4 is 10.1 Å². The van der Waals surface area contributed by atoms with Crippen LogP contribution in [0.3, 0.4) is 0 Å². The lowest BCUT2D eigenvalue weighted by molar-refractivity contribution is -0.149. The van der Waals surface area contributed by atoms with E-state index in [-0.39, 0.29) is 60.4 Å². The molecule has 0 aromatic heterocycles. The first-order valence-electron chi connectivity index (χ1n) is 13.6. The van der Waals surface area contributed by atoms with E-state index in [1.54, 1.807) is 6.92 Å². The molecule has 44 heavy (non-hydrogen) atoms. The van der Waals surface area contributed by atoms with Gasteiger partial charge < -0.3 is 25.1 Å². The first-order chi connectivity index (χ1) is 20.8. The second-order valence-corrected chi connectivity index (χ2v) is 10.5. The number of alkyl halides is 3. The summed E-state index contributed by atoms with van der Waals surface area (Å²) in [4.78, 5) is 39.8. The number of ether oxygens (including phenoxy) is 2. The lowest BCUT2D eigenvalue weighted by atomic mass is 9.86. The first kappa shape index (κ1) is 34.5. The van der Waals surface area contributed by atoms with Crippen molar-refractivity contribution in [3.8, 4) is 5.75 Å². The largest absolute Gasteiger partial charge is 0.496 e. The van der Waals surface area contributed by atoms with Gasteiger partial charge in [-0.05, 0) is 62.4 Å². The van der Waals surface area contributed by atoms with E-state index >= 15 is 0 Å². The Morgan fingerprint density at radius 3 is 2.27 bits per heavy atom. The Bertz CT molecular complexity index is 1400. The van der Waals surface area contributed by atoms with Crippen molar-refractivity contribution in [1.29, 1.82) is 5.41 Å². The molecule has 1 saturated carbocycles. The highest BCUT2D eigenvalue weighted by Crippen LogP contribution is 2.32. The fraction of sp³-hybridized carbons (Fsp3) is 0.400. The monoisotopic (exact) mass is 643 g/mol. The number of amides is 1. The van der Waals surface area contributed by atoms with Crippen LogP contribution in [0.4, 0.5) is 22.0 Å². The Labute approximate surface area is 255 Å². The van der Waals surface area contributed by atoms with E-state index in [0.717, 1.165) is 12.1 Å². The maximum Gasteiger partial charge on any atom is 0.431 e. The number of methoxy groups -OCH3 is 1. The Morgan fingerprint density at radius 1 is 1.09 bits per heavy atom. The molecule has 1 aliphatic carbocycles. The minimum atomic E-state index is -5.13. The van der Waals surface area contributed by atoms with Crippen molar-refractivity contribution >= 4 is 35.5 Å². The molecule has 2 N–H and O–H groups in total. The highest BCUT2D eigenvalue weighted by molar-refractivity contribution is 6.34. The van der Waals surface area contributed by atoms with Gasteiger partial charge in [0, 0.05) is 24.9 Å². The van der Waals surface area contributed by atoms with Gasteiger partial charge in [0.1, 0.15) is 23.1 Å². The number of esters is 1. The second kappa shape index (κ2) is 15.1. The second-order valence-electron chi connectivity index (χ2n) is 10.1. The third-order valence-corrected chi connectivity index (χ3v) is 7.33. The number of nitrogens with zero attached hydrogens (tertiary/aromatic N) is 1. The molecule has 0 unspecified atom stereocenters. The third kappa shape index (κ3) is 8.77. The van der Waals surface area contributed by atoms with Gasteiger partial charge in [-0.3, -0.25) is 14.4 Å². The van der Waals surface area contributed by atoms with E-state index in [9.17, 15) is 36.3 Å². The van der Waals surface area contributed by atoms with Gasteiger partial charge >= 0.3 is 12.1 Å². The van der Waals surface area contributed by atoms with Crippen LogP contribution in [-0.4, -0.2) is 61.3 Å². The molecule has 1 fully saturated rings. The van der Waals surface area contributed by atoms with Crippen LogP contribution in [0.15, 0.2) is 47.7 Å². The van der Waals surface area contributed by atoms with E-state index in [1.165, 1.54) is 25.3 Å². The summed E-state index contributed by atoms with van der Waals surface area (Å²) in [6, 6.07) is 5.79. The lowest BCUT2D eigenvalue weighted by Gasteiger charge is -2.31. The number of carbonyl (C=O) groups excluding carboxylic acids is 3. The zero-order valence-corrected chi connectivity index (χ0v) is 24.7. The molecule has 8 nitrogen and oxygen atoms in total. The molecule has 2 aromatic carbocycles. The van der Waals surface area contributed by atoms with Gasteiger partial charge in [0.15, 0.2) is 5.78 Å². The van der Waals surface area contributed by atoms with Gasteiger partial charge in [0.05, 0.1) is 42.3 Å². The SMILES string of the molecule is CCOC(=O)[C@H]1CC[C@H](N/C(=C(\C=N)C(=O)N(CC(=O)c2c(Cl)cccc2OC)Cc2cc(F)cc(F)c2)C(F)(F)F)CC1. The van der Waals surface area contributed by atoms with E-state index < -0.39 is 71.8 Å². The molecular weight excluding hydrogens is 613 g/mol. The van der Waals surface area contributed by atoms with Crippen LogP contribution in [0.25, 0.3) is 0 Å². The van der Waals surface area contributed by atoms with Crippen molar-refractivity contribution in [2.75, 3.05) is 20.3 Å². The maximum atomic E-state index is 14.4. The predicted molar refractivity (Wildman–Crippen MR) is 151 cm³/mol. The van der Waals surface area contributed by atoms with E-state index in [1.807, 2.05) is 0 Å². The van der Waals surface area contributed by atoms with Gasteiger partial charge in [-0.1, -0.05) is 17.7 Å². The molecule has 238 valence electrons. The highest BCUT2D eigenvalue weighted by Gasteiger charge is 2.41. The average molecular weight is 644 g/mol. The fourth-order valence-electron chi connectivity index (χ4n) is 4.98. The summed E-state index contributed by atoms with van der Waals surface area (Å²) >= 11 is 6.19. The molecule has 0 spiro atoms. The van der Waals surface area contributed by atoms with Crippen molar-refractivity contribution < 1.29 is 45.8 Å². The molecular formula is C30H31ClF5N3O5. The minimum Gasteiger partial charge on any atom is -0.496 e. The lowest BCUT2D eigenvalue weighted by Crippen LogP contribution is -2.43. The summed E-state index contributed by atoms with van der Waals surface area (Å²) in [6.45, 7) is 0.268. The number of hydrogen-bond donors (Lipinski definition) is 2. The average Bonchev–Trinajstić information content (AvgIpc) is 2.95. The predicted octanol–water partition coefficient (Wildman–Crippen LogP) is 6.02. The molecule has 1 aliphatic rings. The molecule has 2 aromatic rings. The van der Waals surface area contributed by atoms with Crippen LogP contribution in [0, 0.1) is 23.0 Å². The number of Topliss-reactive ketones (excluding diaryl/α,β-unsaturated/α-hetero) is 1. The standard InChI is InChI=1S/C30H31ClF5N3O5/c1-3-44-29(42)18-7-9-21(10-8-18)38-27(30(34,35)36)22(14-37)28(41)39(15-17-11-19(32)13-20(33)12-17)16-24(40)26-23(31)5-4-6-25(26)43-2/h4-6,11-14,18,21,37-38H,3,7-10,15-16H2,1-2H3/b27-22+,37-14?/t18-,21-. The maximum absolute atomic E-state index is 14.4. The fourth-order valence-corrected chi connectivity index (χ4v) is 5.25. The molecule has 0 radical (unpaired) electrons. The zero-order chi connectivity index (χ0) is 32.6. The number of ketones is 1. The number of nitrogens with one attached hydrogen (secondary N) is 2. The van der Waals surface area contributed by atoms with E-state index in [2.05, 4.69) is 5.32 Å². The minimum absolute atomic E-state index is 0.0330. The third-order valence-electron chi connectivity index (χ3n) is 7.01. The molecule has 0 heterocycles. The molecule has 0 atom stereocenters. The summed E-state index contributed by atoms with van der Waals surface area (Å²) < 4.78 is 81.3. The summed E-state index contributed by atoms with van der Waals surface area (Å²) in [5, 5.41) is 10.0. The number of halogens is 6. The summed E-state index contributed by atoms with van der Waals surface area (Å²) in [5.41, 5.74) is -2.96. The quantitative estimate of drug-likeness (QED) is 0.0964. The van der Waals surface area contributed by atoms with Gasteiger partial charge in [-0.25, -0.2) is 8.78 Å². The van der Waals surface area contributed by atoms with Crippen molar-refractivity contribution in [2.45, 2.75) is 51.4 Å². The summed E-state index contributed by atoms with van der Waals surface area (Å²) in [5.74, 6) is -5.12. The van der Waals surface area contributed by atoms with Crippen LogP contribution in [-0.2, 0) is 20.9 Å². The summed E-state index contributed by atoms with van der Waals surface area (Å²) in [6.07, 6.45) is -4.11. The number of carbonyl (C=O) groups is 3. The van der Waals surface area contributed by atoms with Crippen LogP contribution in [0.5, 0.6) is 5.75 Å². The number of rotatable bonds is 12. The van der Waals surface area contributed by atoms with Crippen LogP contribution in [0.1, 0.15) is 48.5 Å². The molecule has 0 saturated heterocycles. The van der Waals surface area contributed by atoms with Crippen molar-refractivity contribution in [1.82, 2.24) is 10.2 Å². The van der Waals surface area contributed by atoms with Crippen molar-refractivity contribution in [3.05, 3.63) is 75.5 Å². The molecule has 0 aliphatic heterocycles. The van der Waals surface area contributed by atoms with Gasteiger partial charge in [-0.15, -0.1) is 0 Å². The van der Waals surface area contributed by atoms with E-state index in [0.29, 0.717) is 11.0 Å². The van der Waals surface area contributed by atoms with Gasteiger partial charge in [-0.2, -0.15) is 13.2 Å². The number of benzene rings is 2. The van der Waals surface area contributed by atoms with Crippen LogP contribution in [0.2, 0.25) is 5.02 Å².